The average molecular weight is 533 g/mol. The fourth-order valence-electron chi connectivity index (χ4n) is 5.39. The number of hydrogen-bond acceptors (Lipinski definition) is 6. The number of carbonyl (C=O) groups excluding carboxylic acids is 2. The Hall–Kier alpha value is -3.81. The summed E-state index contributed by atoms with van der Waals surface area (Å²) in [4.78, 5) is 32.1. The lowest BCUT2D eigenvalue weighted by molar-refractivity contribution is -0.124. The second-order valence-corrected chi connectivity index (χ2v) is 10.7. The van der Waals surface area contributed by atoms with Crippen LogP contribution in [-0.2, 0) is 16.0 Å². The predicted octanol–water partition coefficient (Wildman–Crippen LogP) is 5.12. The van der Waals surface area contributed by atoms with Crippen molar-refractivity contribution in [2.45, 2.75) is 46.5 Å². The maximum Gasteiger partial charge on any atom is 0.224 e. The molecule has 0 radical (unpaired) electrons. The molecule has 1 fully saturated rings. The van der Waals surface area contributed by atoms with Gasteiger partial charge in [-0.3, -0.25) is 9.59 Å². The molecule has 2 amide bonds. The van der Waals surface area contributed by atoms with Crippen LogP contribution in [0.25, 0.3) is 10.9 Å². The second kappa shape index (κ2) is 12.8. The number of nitrogens with one attached hydrogen (secondary N) is 2. The second-order valence-electron chi connectivity index (χ2n) is 10.7. The molecule has 1 aromatic heterocycles. The first kappa shape index (κ1) is 28.2. The number of aromatic nitrogens is 1. The van der Waals surface area contributed by atoms with E-state index in [0.29, 0.717) is 42.0 Å². The largest absolute Gasteiger partial charge is 0.493 e. The molecule has 4 rings (SSSR count). The Morgan fingerprint density at radius 2 is 1.67 bits per heavy atom. The molecule has 8 heteroatoms. The van der Waals surface area contributed by atoms with Crippen LogP contribution in [0.2, 0.25) is 0 Å². The normalized spacial score (nSPS) is 17.1. The molecular weight excluding hydrogens is 492 g/mol. The third-order valence-electron chi connectivity index (χ3n) is 7.24. The van der Waals surface area contributed by atoms with Gasteiger partial charge in [0.2, 0.25) is 11.8 Å². The lowest BCUT2D eigenvalue weighted by Crippen LogP contribution is -2.39. The van der Waals surface area contributed by atoms with Gasteiger partial charge in [-0.15, -0.1) is 0 Å². The summed E-state index contributed by atoms with van der Waals surface area (Å²) in [5.41, 5.74) is 3.78. The molecule has 0 spiro atoms. The van der Waals surface area contributed by atoms with Gasteiger partial charge in [-0.2, -0.15) is 0 Å². The van der Waals surface area contributed by atoms with E-state index in [-0.39, 0.29) is 24.7 Å². The van der Waals surface area contributed by atoms with Gasteiger partial charge in [-0.05, 0) is 79.1 Å². The number of piperidine rings is 1. The smallest absolute Gasteiger partial charge is 0.224 e. The van der Waals surface area contributed by atoms with Crippen LogP contribution in [0.1, 0.15) is 44.2 Å². The molecule has 1 aliphatic heterocycles. The molecule has 0 saturated carbocycles. The molecule has 1 aliphatic rings. The van der Waals surface area contributed by atoms with Crippen LogP contribution < -0.4 is 25.0 Å². The number of fused-ring (bicyclic) bond motifs is 1. The van der Waals surface area contributed by atoms with E-state index in [1.54, 1.807) is 14.2 Å². The molecule has 1 saturated heterocycles. The zero-order chi connectivity index (χ0) is 27.9. The maximum atomic E-state index is 12.5. The number of rotatable bonds is 10. The number of ether oxygens (including phenoxy) is 2. The summed E-state index contributed by atoms with van der Waals surface area (Å²) in [7, 11) is 3.19. The SMILES string of the molecule is COc1ccc(CCNC(=O)CCC(=O)Nc2ccc3nc(N4C[C@@H](C)C[C@H](C)C4)cc(C)c3c2)cc1OC. The Kier molecular flexibility index (Phi) is 9.28. The van der Waals surface area contributed by atoms with Crippen molar-refractivity contribution in [1.29, 1.82) is 0 Å². The fraction of sp³-hybridized carbons (Fsp3) is 0.452. The van der Waals surface area contributed by atoms with Gasteiger partial charge in [-0.25, -0.2) is 4.98 Å². The van der Waals surface area contributed by atoms with E-state index >= 15 is 0 Å². The van der Waals surface area contributed by atoms with Crippen molar-refractivity contribution in [3.63, 3.8) is 0 Å². The summed E-state index contributed by atoms with van der Waals surface area (Å²) in [6.45, 7) is 9.22. The number of amides is 2. The highest BCUT2D eigenvalue weighted by molar-refractivity contribution is 5.96. The summed E-state index contributed by atoms with van der Waals surface area (Å²) >= 11 is 0. The highest BCUT2D eigenvalue weighted by Gasteiger charge is 2.23. The third-order valence-corrected chi connectivity index (χ3v) is 7.24. The zero-order valence-corrected chi connectivity index (χ0v) is 23.7. The van der Waals surface area contributed by atoms with Crippen molar-refractivity contribution < 1.29 is 19.1 Å². The molecule has 2 aromatic carbocycles. The number of carbonyl (C=O) groups is 2. The van der Waals surface area contributed by atoms with Crippen molar-refractivity contribution in [2.24, 2.45) is 11.8 Å². The number of benzene rings is 2. The molecule has 39 heavy (non-hydrogen) atoms. The van der Waals surface area contributed by atoms with E-state index in [0.717, 1.165) is 40.9 Å². The number of aryl methyl sites for hydroxylation is 1. The van der Waals surface area contributed by atoms with Crippen LogP contribution >= 0.6 is 0 Å². The standard InChI is InChI=1S/C31H40N4O4/c1-20-14-21(2)19-35(18-20)29-15-22(3)25-17-24(7-8-26(25)34-29)33-31(37)11-10-30(36)32-13-12-23-6-9-27(38-4)28(16-23)39-5/h6-9,15-17,20-21H,10-14,18-19H2,1-5H3,(H,32,36)(H,33,37)/t20-,21-/m0/s1. The summed E-state index contributed by atoms with van der Waals surface area (Å²) in [6, 6.07) is 13.6. The van der Waals surface area contributed by atoms with Crippen LogP contribution in [0.3, 0.4) is 0 Å². The van der Waals surface area contributed by atoms with Crippen molar-refractivity contribution in [1.82, 2.24) is 10.3 Å². The molecular formula is C31H40N4O4. The summed E-state index contributed by atoms with van der Waals surface area (Å²) in [6.07, 6.45) is 2.15. The molecule has 2 heterocycles. The number of hydrogen-bond donors (Lipinski definition) is 2. The topological polar surface area (TPSA) is 92.8 Å². The van der Waals surface area contributed by atoms with Crippen molar-refractivity contribution in [2.75, 3.05) is 44.1 Å². The Morgan fingerprint density at radius 3 is 2.38 bits per heavy atom. The quantitative estimate of drug-likeness (QED) is 0.377. The van der Waals surface area contributed by atoms with Crippen LogP contribution in [0.15, 0.2) is 42.5 Å². The van der Waals surface area contributed by atoms with E-state index < -0.39 is 0 Å². The van der Waals surface area contributed by atoms with Crippen molar-refractivity contribution in [3.8, 4) is 11.5 Å². The minimum Gasteiger partial charge on any atom is -0.493 e. The van der Waals surface area contributed by atoms with Gasteiger partial charge in [0, 0.05) is 43.5 Å². The predicted molar refractivity (Wildman–Crippen MR) is 156 cm³/mol. The first-order valence-corrected chi connectivity index (χ1v) is 13.7. The average Bonchev–Trinajstić information content (AvgIpc) is 2.91. The zero-order valence-electron chi connectivity index (χ0n) is 23.7. The van der Waals surface area contributed by atoms with Gasteiger partial charge in [0.1, 0.15) is 5.82 Å². The van der Waals surface area contributed by atoms with E-state index in [1.807, 2.05) is 36.4 Å². The minimum absolute atomic E-state index is 0.113. The minimum atomic E-state index is -0.192. The lowest BCUT2D eigenvalue weighted by atomic mass is 9.92. The fourth-order valence-corrected chi connectivity index (χ4v) is 5.39. The lowest BCUT2D eigenvalue weighted by Gasteiger charge is -2.36. The monoisotopic (exact) mass is 532 g/mol. The Bertz CT molecular complexity index is 1320. The van der Waals surface area contributed by atoms with Gasteiger partial charge in [0.15, 0.2) is 11.5 Å². The molecule has 0 unspecified atom stereocenters. The van der Waals surface area contributed by atoms with Gasteiger partial charge in [0.05, 0.1) is 19.7 Å². The van der Waals surface area contributed by atoms with E-state index in [4.69, 9.17) is 14.5 Å². The Balaban J connectivity index is 1.27. The highest BCUT2D eigenvalue weighted by Crippen LogP contribution is 2.30. The van der Waals surface area contributed by atoms with Gasteiger partial charge < -0.3 is 25.0 Å². The molecule has 2 N–H and O–H groups in total. The number of nitrogens with zero attached hydrogens (tertiary/aromatic N) is 2. The van der Waals surface area contributed by atoms with Crippen molar-refractivity contribution >= 4 is 34.2 Å². The Labute approximate surface area is 231 Å². The number of methoxy groups -OCH3 is 2. The molecule has 0 aliphatic carbocycles. The molecule has 2 atom stereocenters. The highest BCUT2D eigenvalue weighted by atomic mass is 16.5. The van der Waals surface area contributed by atoms with Gasteiger partial charge >= 0.3 is 0 Å². The van der Waals surface area contributed by atoms with Crippen LogP contribution in [0, 0.1) is 18.8 Å². The van der Waals surface area contributed by atoms with Crippen LogP contribution in [0.4, 0.5) is 11.5 Å². The summed E-state index contributed by atoms with van der Waals surface area (Å²) in [5, 5.41) is 6.83. The van der Waals surface area contributed by atoms with Gasteiger partial charge in [-0.1, -0.05) is 19.9 Å². The van der Waals surface area contributed by atoms with E-state index in [2.05, 4.69) is 42.4 Å². The number of pyridine rings is 1. The summed E-state index contributed by atoms with van der Waals surface area (Å²) < 4.78 is 10.6. The molecule has 3 aromatic rings. The Morgan fingerprint density at radius 1 is 0.949 bits per heavy atom. The summed E-state index contributed by atoms with van der Waals surface area (Å²) in [5.74, 6) is 3.31. The number of anilines is 2. The molecule has 208 valence electrons. The van der Waals surface area contributed by atoms with Crippen molar-refractivity contribution in [3.05, 3.63) is 53.6 Å². The van der Waals surface area contributed by atoms with Crippen LogP contribution in [0.5, 0.6) is 11.5 Å². The van der Waals surface area contributed by atoms with E-state index in [9.17, 15) is 9.59 Å². The van der Waals surface area contributed by atoms with Gasteiger partial charge in [0.25, 0.3) is 0 Å². The van der Waals surface area contributed by atoms with Crippen LogP contribution in [-0.4, -0.2) is 50.7 Å². The first-order valence-electron chi connectivity index (χ1n) is 13.7. The third kappa shape index (κ3) is 7.40. The maximum absolute atomic E-state index is 12.5. The molecule has 8 nitrogen and oxygen atoms in total. The first-order chi connectivity index (χ1) is 18.7. The molecule has 0 bridgehead atoms. The van der Waals surface area contributed by atoms with E-state index in [1.165, 1.54) is 6.42 Å².